The standard InChI is InChI=1S/C10H4Br2F2N2O2/c11-5-3(1-2-4(13)7(5)14)8-15-9(17)6(12)10(18)16-8/h1-2H,(H2,15,16,17,18). The van der Waals surface area contributed by atoms with Gasteiger partial charge in [0, 0.05) is 5.56 Å². The number of benzene rings is 1. The lowest BCUT2D eigenvalue weighted by molar-refractivity contribution is 0.448. The largest absolute Gasteiger partial charge is 0.492 e. The van der Waals surface area contributed by atoms with Crippen molar-refractivity contribution in [2.24, 2.45) is 0 Å². The number of aromatic hydroxyl groups is 1. The van der Waals surface area contributed by atoms with Gasteiger partial charge in [0.2, 0.25) is 5.88 Å². The Bertz CT molecular complexity index is 688. The molecule has 0 unspecified atom stereocenters. The topological polar surface area (TPSA) is 66.0 Å². The molecular formula is C10H4Br2F2N2O2. The minimum atomic E-state index is -1.10. The molecule has 0 aliphatic rings. The molecule has 0 radical (unpaired) electrons. The Labute approximate surface area is 116 Å². The van der Waals surface area contributed by atoms with Gasteiger partial charge in [-0.05, 0) is 44.0 Å². The maximum Gasteiger partial charge on any atom is 0.269 e. The molecule has 8 heteroatoms. The van der Waals surface area contributed by atoms with Crippen LogP contribution in [0.5, 0.6) is 5.88 Å². The fourth-order valence-corrected chi connectivity index (χ4v) is 1.98. The monoisotopic (exact) mass is 380 g/mol. The van der Waals surface area contributed by atoms with Crippen LogP contribution < -0.4 is 5.56 Å². The fourth-order valence-electron chi connectivity index (χ4n) is 1.28. The molecule has 0 fully saturated rings. The molecule has 0 atom stereocenters. The van der Waals surface area contributed by atoms with Crippen molar-refractivity contribution in [3.05, 3.63) is 43.1 Å². The molecule has 0 saturated carbocycles. The lowest BCUT2D eigenvalue weighted by Gasteiger charge is -2.06. The summed E-state index contributed by atoms with van der Waals surface area (Å²) in [6.45, 7) is 0. The number of rotatable bonds is 1. The van der Waals surface area contributed by atoms with Crippen LogP contribution in [0.25, 0.3) is 11.4 Å². The lowest BCUT2D eigenvalue weighted by Crippen LogP contribution is -2.10. The third-order valence-corrected chi connectivity index (χ3v) is 3.63. The van der Waals surface area contributed by atoms with Crippen molar-refractivity contribution >= 4 is 31.9 Å². The minimum absolute atomic E-state index is 0.0773. The first-order valence-electron chi connectivity index (χ1n) is 4.54. The summed E-state index contributed by atoms with van der Waals surface area (Å²) in [6, 6.07) is 2.13. The van der Waals surface area contributed by atoms with Gasteiger partial charge in [-0.1, -0.05) is 0 Å². The van der Waals surface area contributed by atoms with Crippen LogP contribution in [-0.4, -0.2) is 15.1 Å². The zero-order valence-corrected chi connectivity index (χ0v) is 11.6. The van der Waals surface area contributed by atoms with E-state index < -0.39 is 23.1 Å². The fraction of sp³-hybridized carbons (Fsp3) is 0. The van der Waals surface area contributed by atoms with Crippen LogP contribution in [0.3, 0.4) is 0 Å². The molecule has 1 heterocycles. The highest BCUT2D eigenvalue weighted by Crippen LogP contribution is 2.30. The predicted octanol–water partition coefficient (Wildman–Crippen LogP) is 2.95. The zero-order valence-electron chi connectivity index (χ0n) is 8.47. The number of hydrogen-bond acceptors (Lipinski definition) is 3. The van der Waals surface area contributed by atoms with E-state index >= 15 is 0 Å². The van der Waals surface area contributed by atoms with E-state index in [1.807, 2.05) is 0 Å². The van der Waals surface area contributed by atoms with Gasteiger partial charge in [-0.25, -0.2) is 8.78 Å². The molecule has 2 N–H and O–H groups in total. The summed E-state index contributed by atoms with van der Waals surface area (Å²) in [4.78, 5) is 17.4. The molecule has 0 bridgehead atoms. The molecule has 94 valence electrons. The SMILES string of the molecule is O=c1[nH]c(-c2ccc(F)c(F)c2Br)nc(O)c1Br. The Morgan fingerprint density at radius 2 is 1.89 bits per heavy atom. The molecule has 0 saturated heterocycles. The van der Waals surface area contributed by atoms with Crippen molar-refractivity contribution in [1.82, 2.24) is 9.97 Å². The van der Waals surface area contributed by atoms with Gasteiger partial charge < -0.3 is 10.1 Å². The van der Waals surface area contributed by atoms with Crippen molar-refractivity contribution in [2.75, 3.05) is 0 Å². The predicted molar refractivity (Wildman–Crippen MR) is 67.3 cm³/mol. The van der Waals surface area contributed by atoms with E-state index in [1.54, 1.807) is 0 Å². The highest BCUT2D eigenvalue weighted by Gasteiger charge is 2.16. The van der Waals surface area contributed by atoms with Crippen LogP contribution in [0.2, 0.25) is 0 Å². The molecule has 2 rings (SSSR count). The Hall–Kier alpha value is -1.28. The second kappa shape index (κ2) is 4.77. The molecule has 18 heavy (non-hydrogen) atoms. The van der Waals surface area contributed by atoms with Crippen LogP contribution in [0.1, 0.15) is 0 Å². The third-order valence-electron chi connectivity index (χ3n) is 2.14. The maximum absolute atomic E-state index is 13.3. The normalized spacial score (nSPS) is 10.7. The number of nitrogens with one attached hydrogen (secondary N) is 1. The van der Waals surface area contributed by atoms with Gasteiger partial charge in [-0.15, -0.1) is 0 Å². The molecule has 0 spiro atoms. The summed E-state index contributed by atoms with van der Waals surface area (Å²) in [6.07, 6.45) is 0. The Morgan fingerprint density at radius 3 is 2.50 bits per heavy atom. The minimum Gasteiger partial charge on any atom is -0.492 e. The van der Waals surface area contributed by atoms with E-state index in [9.17, 15) is 18.7 Å². The third kappa shape index (κ3) is 2.17. The van der Waals surface area contributed by atoms with E-state index in [-0.39, 0.29) is 20.3 Å². The number of halogens is 4. The number of aromatic nitrogens is 2. The van der Waals surface area contributed by atoms with Crippen molar-refractivity contribution in [3.8, 4) is 17.3 Å². The van der Waals surface area contributed by atoms with Gasteiger partial charge in [0.1, 0.15) is 10.3 Å². The summed E-state index contributed by atoms with van der Waals surface area (Å²) < 4.78 is 26.0. The van der Waals surface area contributed by atoms with Crippen LogP contribution in [0.4, 0.5) is 8.78 Å². The molecule has 0 amide bonds. The Balaban J connectivity index is 2.70. The van der Waals surface area contributed by atoms with Crippen molar-refractivity contribution in [2.45, 2.75) is 0 Å². The first-order chi connectivity index (χ1) is 8.41. The average Bonchev–Trinajstić information content (AvgIpc) is 2.33. The number of aromatic amines is 1. The Kier molecular flexibility index (Phi) is 3.49. The molecule has 0 aliphatic heterocycles. The zero-order chi connectivity index (χ0) is 13.4. The van der Waals surface area contributed by atoms with Crippen LogP contribution >= 0.6 is 31.9 Å². The highest BCUT2D eigenvalue weighted by molar-refractivity contribution is 9.11. The van der Waals surface area contributed by atoms with E-state index in [0.717, 1.165) is 6.07 Å². The molecular weight excluding hydrogens is 378 g/mol. The van der Waals surface area contributed by atoms with E-state index in [4.69, 9.17) is 0 Å². The van der Waals surface area contributed by atoms with Gasteiger partial charge in [-0.3, -0.25) is 4.79 Å². The van der Waals surface area contributed by atoms with E-state index in [0.29, 0.717) is 0 Å². The van der Waals surface area contributed by atoms with Gasteiger partial charge in [-0.2, -0.15) is 4.98 Å². The van der Waals surface area contributed by atoms with Crippen molar-refractivity contribution < 1.29 is 13.9 Å². The molecule has 0 aliphatic carbocycles. The molecule has 2 aromatic rings. The average molecular weight is 382 g/mol. The van der Waals surface area contributed by atoms with Crippen LogP contribution in [0.15, 0.2) is 25.9 Å². The first kappa shape index (κ1) is 13.2. The van der Waals surface area contributed by atoms with Gasteiger partial charge in [0.15, 0.2) is 11.6 Å². The second-order valence-electron chi connectivity index (χ2n) is 3.28. The quantitative estimate of drug-likeness (QED) is 0.746. The summed E-state index contributed by atoms with van der Waals surface area (Å²) in [7, 11) is 0. The number of hydrogen-bond donors (Lipinski definition) is 2. The first-order valence-corrected chi connectivity index (χ1v) is 6.13. The molecule has 1 aromatic heterocycles. The van der Waals surface area contributed by atoms with Gasteiger partial charge >= 0.3 is 0 Å². The van der Waals surface area contributed by atoms with E-state index in [1.165, 1.54) is 6.07 Å². The lowest BCUT2D eigenvalue weighted by atomic mass is 10.2. The molecule has 1 aromatic carbocycles. The van der Waals surface area contributed by atoms with Crippen molar-refractivity contribution in [3.63, 3.8) is 0 Å². The van der Waals surface area contributed by atoms with Gasteiger partial charge in [0.05, 0.1) is 4.47 Å². The van der Waals surface area contributed by atoms with E-state index in [2.05, 4.69) is 41.8 Å². The second-order valence-corrected chi connectivity index (χ2v) is 4.86. The summed E-state index contributed by atoms with van der Waals surface area (Å²) >= 11 is 5.69. The number of nitrogens with zero attached hydrogens (tertiary/aromatic N) is 1. The summed E-state index contributed by atoms with van der Waals surface area (Å²) in [5.74, 6) is -2.75. The summed E-state index contributed by atoms with van der Waals surface area (Å²) in [5.41, 5.74) is -0.511. The maximum atomic E-state index is 13.3. The number of H-pyrrole nitrogens is 1. The smallest absolute Gasteiger partial charge is 0.269 e. The van der Waals surface area contributed by atoms with Crippen molar-refractivity contribution in [1.29, 1.82) is 0 Å². The van der Waals surface area contributed by atoms with Gasteiger partial charge in [0.25, 0.3) is 5.56 Å². The van der Waals surface area contributed by atoms with Crippen LogP contribution in [0, 0.1) is 11.6 Å². The molecule has 4 nitrogen and oxygen atoms in total. The highest BCUT2D eigenvalue weighted by atomic mass is 79.9. The summed E-state index contributed by atoms with van der Waals surface area (Å²) in [5, 5.41) is 9.40. The Morgan fingerprint density at radius 1 is 1.22 bits per heavy atom. The van der Waals surface area contributed by atoms with Crippen LogP contribution in [-0.2, 0) is 0 Å².